The van der Waals surface area contributed by atoms with E-state index in [0.717, 1.165) is 28.1 Å². The Bertz CT molecular complexity index is 1070. The van der Waals surface area contributed by atoms with E-state index in [9.17, 15) is 9.59 Å². The van der Waals surface area contributed by atoms with E-state index in [1.54, 1.807) is 18.1 Å². The van der Waals surface area contributed by atoms with E-state index in [2.05, 4.69) is 30.2 Å². The van der Waals surface area contributed by atoms with Crippen LogP contribution >= 0.6 is 11.8 Å². The van der Waals surface area contributed by atoms with Gasteiger partial charge in [0.2, 0.25) is 5.91 Å². The van der Waals surface area contributed by atoms with Gasteiger partial charge in [-0.15, -0.1) is 0 Å². The number of amidine groups is 1. The molecular weight excluding hydrogens is 434 g/mol. The minimum absolute atomic E-state index is 0.0753. The van der Waals surface area contributed by atoms with E-state index in [0.29, 0.717) is 16.8 Å². The molecule has 1 heterocycles. The lowest BCUT2D eigenvalue weighted by Gasteiger charge is -2.20. The van der Waals surface area contributed by atoms with Crippen molar-refractivity contribution in [2.45, 2.75) is 40.7 Å². The Balaban J connectivity index is 1.89. The summed E-state index contributed by atoms with van der Waals surface area (Å²) in [6.45, 7) is 10.1. The summed E-state index contributed by atoms with van der Waals surface area (Å²) < 4.78 is 5.21. The van der Waals surface area contributed by atoms with E-state index in [1.807, 2.05) is 57.2 Å². The normalized spacial score (nSPS) is 15.7. The van der Waals surface area contributed by atoms with Gasteiger partial charge >= 0.3 is 0 Å². The molecule has 0 saturated carbocycles. The maximum absolute atomic E-state index is 13.4. The Labute approximate surface area is 200 Å². The standard InChI is InChI=1S/C26H31N3O3S/c1-16(2)19(5)27-24(30)15-33-26-28-23(14-20-7-9-22(32-6)10-8-20)25(31)29(26)21-12-17(3)11-18(4)13-21/h7-14,16,19H,15H2,1-6H3,(H,27,30)/b23-14-. The molecule has 2 aromatic carbocycles. The third-order valence-electron chi connectivity index (χ3n) is 5.43. The maximum atomic E-state index is 13.4. The van der Waals surface area contributed by atoms with Crippen molar-refractivity contribution in [1.29, 1.82) is 0 Å². The number of methoxy groups -OCH3 is 1. The summed E-state index contributed by atoms with van der Waals surface area (Å²) in [5.74, 6) is 0.974. The smallest absolute Gasteiger partial charge is 0.283 e. The monoisotopic (exact) mass is 465 g/mol. The van der Waals surface area contributed by atoms with Crippen molar-refractivity contribution in [2.24, 2.45) is 10.9 Å². The third kappa shape index (κ3) is 6.26. The molecule has 1 aliphatic heterocycles. The molecule has 1 atom stereocenters. The number of hydrogen-bond acceptors (Lipinski definition) is 5. The van der Waals surface area contributed by atoms with E-state index >= 15 is 0 Å². The molecule has 0 bridgehead atoms. The average molecular weight is 466 g/mol. The zero-order chi connectivity index (χ0) is 24.1. The largest absolute Gasteiger partial charge is 0.497 e. The lowest BCUT2D eigenvalue weighted by Crippen LogP contribution is -2.38. The molecule has 7 heteroatoms. The highest BCUT2D eigenvalue weighted by Crippen LogP contribution is 2.31. The first-order valence-corrected chi connectivity index (χ1v) is 12.0. The molecule has 3 rings (SSSR count). The molecule has 6 nitrogen and oxygen atoms in total. The van der Waals surface area contributed by atoms with Crippen molar-refractivity contribution >= 4 is 40.5 Å². The zero-order valence-electron chi connectivity index (χ0n) is 20.0. The van der Waals surface area contributed by atoms with Gasteiger partial charge in [-0.2, -0.15) is 0 Å². The molecular formula is C26H31N3O3S. The average Bonchev–Trinajstić information content (AvgIpc) is 3.07. The summed E-state index contributed by atoms with van der Waals surface area (Å²) in [5, 5.41) is 3.50. The molecule has 33 heavy (non-hydrogen) atoms. The van der Waals surface area contributed by atoms with Gasteiger partial charge in [-0.1, -0.05) is 43.8 Å². The number of hydrogen-bond donors (Lipinski definition) is 1. The Hall–Kier alpha value is -3.06. The third-order valence-corrected chi connectivity index (χ3v) is 6.37. The molecule has 0 radical (unpaired) electrons. The molecule has 0 fully saturated rings. The van der Waals surface area contributed by atoms with Gasteiger partial charge in [-0.25, -0.2) is 4.99 Å². The molecule has 174 valence electrons. The van der Waals surface area contributed by atoms with E-state index in [4.69, 9.17) is 4.74 Å². The predicted molar refractivity (Wildman–Crippen MR) is 137 cm³/mol. The summed E-state index contributed by atoms with van der Waals surface area (Å²) in [4.78, 5) is 32.1. The van der Waals surface area contributed by atoms with Gasteiger partial charge in [0.1, 0.15) is 11.4 Å². The first-order chi connectivity index (χ1) is 15.7. The van der Waals surface area contributed by atoms with E-state index < -0.39 is 0 Å². The van der Waals surface area contributed by atoms with Crippen LogP contribution < -0.4 is 15.0 Å². The van der Waals surface area contributed by atoms with Gasteiger partial charge in [0.15, 0.2) is 5.17 Å². The van der Waals surface area contributed by atoms with Gasteiger partial charge < -0.3 is 10.1 Å². The fraction of sp³-hybridized carbons (Fsp3) is 0.346. The highest BCUT2D eigenvalue weighted by Gasteiger charge is 2.32. The predicted octanol–water partition coefficient (Wildman–Crippen LogP) is 4.95. The van der Waals surface area contributed by atoms with Gasteiger partial charge in [0.25, 0.3) is 5.91 Å². The second-order valence-electron chi connectivity index (χ2n) is 8.57. The fourth-order valence-corrected chi connectivity index (χ4v) is 4.17. The Morgan fingerprint density at radius 3 is 2.33 bits per heavy atom. The SMILES string of the molecule is COc1ccc(/C=C2\N=C(SCC(=O)NC(C)C(C)C)N(c3cc(C)cc(C)c3)C2=O)cc1. The molecule has 2 aromatic rings. The van der Waals surface area contributed by atoms with E-state index in [-0.39, 0.29) is 23.6 Å². The fourth-order valence-electron chi connectivity index (χ4n) is 3.35. The van der Waals surface area contributed by atoms with Crippen LogP contribution in [0, 0.1) is 19.8 Å². The van der Waals surface area contributed by atoms with Crippen LogP contribution in [-0.2, 0) is 9.59 Å². The minimum atomic E-state index is -0.214. The highest BCUT2D eigenvalue weighted by molar-refractivity contribution is 8.14. The number of carbonyl (C=O) groups excluding carboxylic acids is 2. The molecule has 2 amide bonds. The van der Waals surface area contributed by atoms with Crippen LogP contribution in [0.2, 0.25) is 0 Å². The molecule has 0 aromatic heterocycles. The summed E-state index contributed by atoms with van der Waals surface area (Å²) in [7, 11) is 1.61. The number of aliphatic imine (C=N–C) groups is 1. The summed E-state index contributed by atoms with van der Waals surface area (Å²) >= 11 is 1.27. The van der Waals surface area contributed by atoms with Crippen molar-refractivity contribution in [1.82, 2.24) is 5.32 Å². The van der Waals surface area contributed by atoms with Crippen LogP contribution in [0.15, 0.2) is 53.2 Å². The van der Waals surface area contributed by atoms with Gasteiger partial charge in [0.05, 0.1) is 18.6 Å². The van der Waals surface area contributed by atoms with Crippen LogP contribution in [0.3, 0.4) is 0 Å². The van der Waals surface area contributed by atoms with Crippen molar-refractivity contribution in [3.8, 4) is 5.75 Å². The van der Waals surface area contributed by atoms with Crippen LogP contribution in [-0.4, -0.2) is 35.9 Å². The molecule has 0 saturated heterocycles. The Kier molecular flexibility index (Phi) is 7.97. The highest BCUT2D eigenvalue weighted by atomic mass is 32.2. The van der Waals surface area contributed by atoms with Crippen molar-refractivity contribution in [3.63, 3.8) is 0 Å². The summed E-state index contributed by atoms with van der Waals surface area (Å²) in [6.07, 6.45) is 1.76. The van der Waals surface area contributed by atoms with Gasteiger partial charge in [-0.05, 0) is 73.7 Å². The topological polar surface area (TPSA) is 71.0 Å². The Morgan fingerprint density at radius 2 is 1.76 bits per heavy atom. The van der Waals surface area contributed by atoms with E-state index in [1.165, 1.54) is 11.8 Å². The number of aryl methyl sites for hydroxylation is 2. The molecule has 1 aliphatic rings. The lowest BCUT2D eigenvalue weighted by molar-refractivity contribution is -0.119. The van der Waals surface area contributed by atoms with Crippen molar-refractivity contribution in [3.05, 3.63) is 64.9 Å². The molecule has 0 spiro atoms. The van der Waals surface area contributed by atoms with Gasteiger partial charge in [0, 0.05) is 6.04 Å². The number of amides is 2. The summed E-state index contributed by atoms with van der Waals surface area (Å²) in [6, 6.07) is 13.5. The quantitative estimate of drug-likeness (QED) is 0.588. The van der Waals surface area contributed by atoms with Crippen LogP contribution in [0.25, 0.3) is 6.08 Å². The van der Waals surface area contributed by atoms with Crippen LogP contribution in [0.1, 0.15) is 37.5 Å². The van der Waals surface area contributed by atoms with Gasteiger partial charge in [-0.3, -0.25) is 14.5 Å². The van der Waals surface area contributed by atoms with Crippen LogP contribution in [0.4, 0.5) is 5.69 Å². The zero-order valence-corrected chi connectivity index (χ0v) is 20.8. The number of benzene rings is 2. The maximum Gasteiger partial charge on any atom is 0.283 e. The Morgan fingerprint density at radius 1 is 1.12 bits per heavy atom. The second-order valence-corrected chi connectivity index (χ2v) is 9.51. The van der Waals surface area contributed by atoms with Crippen molar-refractivity contribution < 1.29 is 14.3 Å². The number of carbonyl (C=O) groups is 2. The number of nitrogens with one attached hydrogen (secondary N) is 1. The summed E-state index contributed by atoms with van der Waals surface area (Å²) in [5.41, 5.74) is 4.03. The number of thioether (sulfide) groups is 1. The van der Waals surface area contributed by atoms with Crippen LogP contribution in [0.5, 0.6) is 5.75 Å². The number of ether oxygens (including phenoxy) is 1. The first kappa shape index (κ1) is 24.6. The van der Waals surface area contributed by atoms with Crippen molar-refractivity contribution in [2.75, 3.05) is 17.8 Å². The lowest BCUT2D eigenvalue weighted by atomic mass is 10.1. The molecule has 1 unspecified atom stereocenters. The minimum Gasteiger partial charge on any atom is -0.497 e. The number of nitrogens with zero attached hydrogens (tertiary/aromatic N) is 2. The second kappa shape index (κ2) is 10.7. The molecule has 0 aliphatic carbocycles. The number of rotatable bonds is 7. The molecule has 1 N–H and O–H groups in total. The first-order valence-electron chi connectivity index (χ1n) is 11.0. The number of anilines is 1.